The SMILES string of the molecule is O=C(O)COc1c(C(=O)O)sc2cc(C(=O)NCc3ccccc3)ccc12. The van der Waals surface area contributed by atoms with Gasteiger partial charge in [0.1, 0.15) is 0 Å². The van der Waals surface area contributed by atoms with E-state index in [0.717, 1.165) is 16.9 Å². The summed E-state index contributed by atoms with van der Waals surface area (Å²) >= 11 is 0.932. The van der Waals surface area contributed by atoms with Crippen LogP contribution in [0.1, 0.15) is 25.6 Å². The molecule has 1 amide bonds. The van der Waals surface area contributed by atoms with Crippen LogP contribution in [0.4, 0.5) is 0 Å². The monoisotopic (exact) mass is 385 g/mol. The summed E-state index contributed by atoms with van der Waals surface area (Å²) in [7, 11) is 0. The van der Waals surface area contributed by atoms with E-state index in [-0.39, 0.29) is 16.5 Å². The first-order valence-electron chi connectivity index (χ1n) is 7.92. The minimum Gasteiger partial charge on any atom is -0.479 e. The average molecular weight is 385 g/mol. The zero-order valence-corrected chi connectivity index (χ0v) is 14.8. The number of nitrogens with one attached hydrogen (secondary N) is 1. The van der Waals surface area contributed by atoms with E-state index in [1.165, 1.54) is 0 Å². The van der Waals surface area contributed by atoms with Crippen LogP contribution in [0.5, 0.6) is 5.75 Å². The number of carbonyl (C=O) groups is 3. The highest BCUT2D eigenvalue weighted by Gasteiger charge is 2.21. The van der Waals surface area contributed by atoms with Gasteiger partial charge < -0.3 is 20.3 Å². The highest BCUT2D eigenvalue weighted by Crippen LogP contribution is 2.38. The maximum atomic E-state index is 12.4. The van der Waals surface area contributed by atoms with Gasteiger partial charge in [-0.3, -0.25) is 4.79 Å². The third-order valence-electron chi connectivity index (χ3n) is 3.74. The highest BCUT2D eigenvalue weighted by molar-refractivity contribution is 7.21. The van der Waals surface area contributed by atoms with Gasteiger partial charge in [0, 0.05) is 22.2 Å². The van der Waals surface area contributed by atoms with Crippen molar-refractivity contribution in [2.75, 3.05) is 6.61 Å². The quantitative estimate of drug-likeness (QED) is 0.576. The number of thiophene rings is 1. The molecule has 0 radical (unpaired) electrons. The Labute approximate surface area is 157 Å². The second-order valence-corrected chi connectivity index (χ2v) is 6.68. The summed E-state index contributed by atoms with van der Waals surface area (Å²) in [6, 6.07) is 14.1. The van der Waals surface area contributed by atoms with Crippen molar-refractivity contribution in [1.29, 1.82) is 0 Å². The van der Waals surface area contributed by atoms with Crippen molar-refractivity contribution in [3.8, 4) is 5.75 Å². The summed E-state index contributed by atoms with van der Waals surface area (Å²) in [4.78, 5) is 34.4. The Morgan fingerprint density at radius 2 is 1.78 bits per heavy atom. The fraction of sp³-hybridized carbons (Fsp3) is 0.105. The van der Waals surface area contributed by atoms with Gasteiger partial charge in [0.15, 0.2) is 17.2 Å². The Morgan fingerprint density at radius 1 is 1.04 bits per heavy atom. The Hall–Kier alpha value is -3.39. The number of ether oxygens (including phenoxy) is 1. The molecule has 3 aromatic rings. The molecule has 3 rings (SSSR count). The molecule has 0 bridgehead atoms. The number of carboxylic acids is 2. The Bertz CT molecular complexity index is 1010. The van der Waals surface area contributed by atoms with Gasteiger partial charge in [-0.25, -0.2) is 9.59 Å². The highest BCUT2D eigenvalue weighted by atomic mass is 32.1. The molecule has 0 fully saturated rings. The summed E-state index contributed by atoms with van der Waals surface area (Å²) in [6.07, 6.45) is 0. The van der Waals surface area contributed by atoms with E-state index < -0.39 is 18.5 Å². The van der Waals surface area contributed by atoms with E-state index in [0.29, 0.717) is 22.2 Å². The van der Waals surface area contributed by atoms with Gasteiger partial charge in [0.25, 0.3) is 5.91 Å². The van der Waals surface area contributed by atoms with Crippen molar-refractivity contribution in [3.05, 3.63) is 64.5 Å². The first kappa shape index (κ1) is 18.4. The van der Waals surface area contributed by atoms with Crippen LogP contribution in [-0.2, 0) is 11.3 Å². The van der Waals surface area contributed by atoms with Crippen molar-refractivity contribution >= 4 is 39.3 Å². The van der Waals surface area contributed by atoms with Crippen LogP contribution in [-0.4, -0.2) is 34.7 Å². The van der Waals surface area contributed by atoms with Crippen LogP contribution in [0.2, 0.25) is 0 Å². The Balaban J connectivity index is 1.85. The number of rotatable bonds is 7. The van der Waals surface area contributed by atoms with E-state index >= 15 is 0 Å². The zero-order valence-electron chi connectivity index (χ0n) is 14.0. The van der Waals surface area contributed by atoms with Gasteiger partial charge in [-0.2, -0.15) is 0 Å². The molecular formula is C19H15NO6S. The lowest BCUT2D eigenvalue weighted by atomic mass is 10.1. The third-order valence-corrected chi connectivity index (χ3v) is 4.86. The number of aromatic carboxylic acids is 1. The van der Waals surface area contributed by atoms with Crippen molar-refractivity contribution in [3.63, 3.8) is 0 Å². The van der Waals surface area contributed by atoms with Gasteiger partial charge >= 0.3 is 11.9 Å². The first-order valence-corrected chi connectivity index (χ1v) is 8.74. The zero-order chi connectivity index (χ0) is 19.4. The van der Waals surface area contributed by atoms with E-state index in [9.17, 15) is 19.5 Å². The molecule has 0 saturated heterocycles. The van der Waals surface area contributed by atoms with Gasteiger partial charge in [0.05, 0.1) is 0 Å². The number of hydrogen-bond donors (Lipinski definition) is 3. The minimum atomic E-state index is -1.22. The molecular weight excluding hydrogens is 370 g/mol. The second-order valence-electron chi connectivity index (χ2n) is 5.63. The molecule has 138 valence electrons. The van der Waals surface area contributed by atoms with Gasteiger partial charge in [-0.1, -0.05) is 30.3 Å². The number of benzene rings is 2. The Morgan fingerprint density at radius 3 is 2.44 bits per heavy atom. The summed E-state index contributed by atoms with van der Waals surface area (Å²) in [5.74, 6) is -2.71. The molecule has 8 heteroatoms. The molecule has 7 nitrogen and oxygen atoms in total. The van der Waals surface area contributed by atoms with E-state index in [1.54, 1.807) is 18.2 Å². The number of aliphatic carboxylic acids is 1. The molecule has 0 atom stereocenters. The van der Waals surface area contributed by atoms with Gasteiger partial charge in [-0.05, 0) is 23.8 Å². The molecule has 1 aromatic heterocycles. The molecule has 1 heterocycles. The number of amides is 1. The summed E-state index contributed by atoms with van der Waals surface area (Å²) in [6.45, 7) is -0.277. The standard InChI is InChI=1S/C19H15NO6S/c21-15(22)10-26-16-13-7-6-12(8-14(13)27-17(16)19(24)25)18(23)20-9-11-4-2-1-3-5-11/h1-8H,9-10H2,(H,20,23)(H,21,22)(H,24,25). The van der Waals surface area contributed by atoms with Crippen LogP contribution < -0.4 is 10.1 Å². The van der Waals surface area contributed by atoms with Crippen LogP contribution in [0.15, 0.2) is 48.5 Å². The van der Waals surface area contributed by atoms with Crippen LogP contribution in [0, 0.1) is 0 Å². The molecule has 0 aliphatic heterocycles. The number of carboxylic acid groups (broad SMARTS) is 2. The van der Waals surface area contributed by atoms with Crippen molar-refractivity contribution < 1.29 is 29.3 Å². The number of hydrogen-bond acceptors (Lipinski definition) is 5. The van der Waals surface area contributed by atoms with Crippen LogP contribution in [0.25, 0.3) is 10.1 Å². The lowest BCUT2D eigenvalue weighted by Crippen LogP contribution is -2.22. The largest absolute Gasteiger partial charge is 0.479 e. The second kappa shape index (κ2) is 7.88. The summed E-state index contributed by atoms with van der Waals surface area (Å²) in [5.41, 5.74) is 1.34. The van der Waals surface area contributed by atoms with E-state index in [2.05, 4.69) is 5.32 Å². The van der Waals surface area contributed by atoms with Crippen molar-refractivity contribution in [2.24, 2.45) is 0 Å². The molecule has 0 unspecified atom stereocenters. The molecule has 0 saturated carbocycles. The smallest absolute Gasteiger partial charge is 0.349 e. The number of carbonyl (C=O) groups excluding carboxylic acids is 1. The van der Waals surface area contributed by atoms with E-state index in [4.69, 9.17) is 9.84 Å². The van der Waals surface area contributed by atoms with Crippen LogP contribution in [0.3, 0.4) is 0 Å². The maximum Gasteiger partial charge on any atom is 0.349 e. The topological polar surface area (TPSA) is 113 Å². The lowest BCUT2D eigenvalue weighted by molar-refractivity contribution is -0.139. The fourth-order valence-corrected chi connectivity index (χ4v) is 3.54. The molecule has 27 heavy (non-hydrogen) atoms. The predicted octanol–water partition coefficient (Wildman–Crippen LogP) is 2.99. The Kier molecular flexibility index (Phi) is 5.37. The summed E-state index contributed by atoms with van der Waals surface area (Å²) in [5, 5.41) is 21.3. The molecule has 0 aliphatic carbocycles. The third kappa shape index (κ3) is 4.24. The molecule has 2 aromatic carbocycles. The van der Waals surface area contributed by atoms with E-state index in [1.807, 2.05) is 30.3 Å². The summed E-state index contributed by atoms with van der Waals surface area (Å²) < 4.78 is 5.68. The molecule has 0 spiro atoms. The average Bonchev–Trinajstić information content (AvgIpc) is 3.03. The van der Waals surface area contributed by atoms with Crippen molar-refractivity contribution in [2.45, 2.75) is 6.54 Å². The van der Waals surface area contributed by atoms with Gasteiger partial charge in [0.2, 0.25) is 0 Å². The van der Waals surface area contributed by atoms with Crippen molar-refractivity contribution in [1.82, 2.24) is 5.32 Å². The fourth-order valence-electron chi connectivity index (χ4n) is 2.51. The lowest BCUT2D eigenvalue weighted by Gasteiger charge is -2.06. The van der Waals surface area contributed by atoms with Gasteiger partial charge in [-0.15, -0.1) is 11.3 Å². The van der Waals surface area contributed by atoms with Crippen LogP contribution >= 0.6 is 11.3 Å². The predicted molar refractivity (Wildman–Crippen MR) is 99.5 cm³/mol. The first-order chi connectivity index (χ1) is 13.0. The normalized spacial score (nSPS) is 10.5. The molecule has 0 aliphatic rings. The maximum absolute atomic E-state index is 12.4. The minimum absolute atomic E-state index is 0.00106. The number of fused-ring (bicyclic) bond motifs is 1. The molecule has 3 N–H and O–H groups in total.